The minimum atomic E-state index is -0.496. The van der Waals surface area contributed by atoms with E-state index in [4.69, 9.17) is 14.2 Å². The highest BCUT2D eigenvalue weighted by molar-refractivity contribution is 5.96. The first-order valence-electron chi connectivity index (χ1n) is 14.5. The van der Waals surface area contributed by atoms with Crippen LogP contribution in [-0.4, -0.2) is 54.4 Å². The van der Waals surface area contributed by atoms with Crippen LogP contribution in [0.3, 0.4) is 0 Å². The van der Waals surface area contributed by atoms with Gasteiger partial charge in [-0.15, -0.1) is 0 Å². The van der Waals surface area contributed by atoms with Gasteiger partial charge in [0, 0.05) is 19.2 Å². The predicted molar refractivity (Wildman–Crippen MR) is 175 cm³/mol. The summed E-state index contributed by atoms with van der Waals surface area (Å²) in [6.45, 7) is 0.734. The summed E-state index contributed by atoms with van der Waals surface area (Å²) in [7, 11) is 2.91. The molecule has 0 aliphatic rings. The molecule has 0 spiro atoms. The zero-order chi connectivity index (χ0) is 32.9. The molecule has 238 valence electrons. The Labute approximate surface area is 267 Å². The zero-order valence-corrected chi connectivity index (χ0v) is 25.5. The van der Waals surface area contributed by atoms with Crippen LogP contribution in [0.25, 0.3) is 12.2 Å². The van der Waals surface area contributed by atoms with Gasteiger partial charge < -0.3 is 40.2 Å². The molecule has 0 aliphatic heterocycles. The van der Waals surface area contributed by atoms with Gasteiger partial charge in [-0.25, -0.2) is 0 Å². The maximum absolute atomic E-state index is 13.3. The second-order valence-electron chi connectivity index (χ2n) is 10.2. The average molecular weight is 625 g/mol. The first-order chi connectivity index (χ1) is 22.2. The number of benzene rings is 4. The van der Waals surface area contributed by atoms with Crippen LogP contribution in [0.4, 0.5) is 0 Å². The van der Waals surface area contributed by atoms with Gasteiger partial charge in [0.15, 0.2) is 28.8 Å². The van der Waals surface area contributed by atoms with Gasteiger partial charge in [-0.2, -0.15) is 0 Å². The molecule has 0 fully saturated rings. The lowest BCUT2D eigenvalue weighted by Gasteiger charge is -2.14. The van der Waals surface area contributed by atoms with Crippen molar-refractivity contribution >= 4 is 24.0 Å². The van der Waals surface area contributed by atoms with Crippen LogP contribution in [-0.2, 0) is 22.4 Å². The van der Waals surface area contributed by atoms with Crippen LogP contribution in [0.15, 0.2) is 96.8 Å². The molecule has 0 atom stereocenters. The van der Waals surface area contributed by atoms with E-state index in [1.54, 1.807) is 84.9 Å². The number of rotatable bonds is 14. The van der Waals surface area contributed by atoms with Crippen LogP contribution in [0, 0.1) is 0 Å². The van der Waals surface area contributed by atoms with E-state index in [9.17, 15) is 24.9 Å². The Hall–Kier alpha value is -5.90. The Morgan fingerprint density at radius 1 is 0.674 bits per heavy atom. The van der Waals surface area contributed by atoms with E-state index in [0.29, 0.717) is 42.8 Å². The Morgan fingerprint density at radius 3 is 1.83 bits per heavy atom. The molecule has 10 nitrogen and oxygen atoms in total. The molecular weight excluding hydrogens is 588 g/mol. The smallest absolute Gasteiger partial charge is 0.287 e. The minimum absolute atomic E-state index is 0.0510. The Bertz CT molecular complexity index is 1700. The summed E-state index contributed by atoms with van der Waals surface area (Å²) < 4.78 is 16.7. The van der Waals surface area contributed by atoms with Gasteiger partial charge in [0.2, 0.25) is 5.91 Å². The molecule has 10 heteroatoms. The van der Waals surface area contributed by atoms with Gasteiger partial charge in [-0.3, -0.25) is 9.59 Å². The van der Waals surface area contributed by atoms with E-state index in [1.807, 2.05) is 0 Å². The highest BCUT2D eigenvalue weighted by Crippen LogP contribution is 2.32. The fourth-order valence-electron chi connectivity index (χ4n) is 4.37. The molecule has 4 aromatic carbocycles. The lowest BCUT2D eigenvalue weighted by Crippen LogP contribution is -2.29. The standard InChI is InChI=1S/C36H36N2O8/c1-44-31-14-8-27(21-30(31)41)23-34(36(43)38-20-18-25-5-12-29(40)13-6-25)46-32-15-7-26(22-33(32)45-2)9-16-35(42)37-19-17-24-3-10-28(39)11-4-24/h3-16,21-23,39-41H,17-20H2,1-2H3,(H,37,42)(H,38,43)/b16-9+,34-23-. The van der Waals surface area contributed by atoms with Crippen molar-refractivity contribution in [1.29, 1.82) is 0 Å². The molecule has 0 aromatic heterocycles. The molecule has 0 aliphatic carbocycles. The number of phenolic OH excluding ortho intramolecular Hbond substituents is 3. The minimum Gasteiger partial charge on any atom is -0.508 e. The zero-order valence-electron chi connectivity index (χ0n) is 25.5. The van der Waals surface area contributed by atoms with Crippen molar-refractivity contribution in [3.8, 4) is 34.5 Å². The van der Waals surface area contributed by atoms with E-state index in [2.05, 4.69) is 10.6 Å². The van der Waals surface area contributed by atoms with Gasteiger partial charge in [-0.1, -0.05) is 36.4 Å². The number of hydrogen-bond acceptors (Lipinski definition) is 8. The van der Waals surface area contributed by atoms with Gasteiger partial charge in [0.05, 0.1) is 14.2 Å². The van der Waals surface area contributed by atoms with Crippen molar-refractivity contribution in [2.75, 3.05) is 27.3 Å². The monoisotopic (exact) mass is 624 g/mol. The van der Waals surface area contributed by atoms with Crippen LogP contribution < -0.4 is 24.8 Å². The topological polar surface area (TPSA) is 147 Å². The van der Waals surface area contributed by atoms with Crippen molar-refractivity contribution in [3.63, 3.8) is 0 Å². The second kappa shape index (κ2) is 16.2. The van der Waals surface area contributed by atoms with Gasteiger partial charge >= 0.3 is 0 Å². The lowest BCUT2D eigenvalue weighted by atomic mass is 10.1. The maximum Gasteiger partial charge on any atom is 0.287 e. The number of hydrogen-bond donors (Lipinski definition) is 5. The summed E-state index contributed by atoms with van der Waals surface area (Å²) in [6.07, 6.45) is 5.68. The summed E-state index contributed by atoms with van der Waals surface area (Å²) in [5.74, 6) is 0.318. The molecular formula is C36H36N2O8. The molecule has 0 unspecified atom stereocenters. The quantitative estimate of drug-likeness (QED) is 0.0977. The molecule has 2 amide bonds. The molecule has 5 N–H and O–H groups in total. The lowest BCUT2D eigenvalue weighted by molar-refractivity contribution is -0.119. The molecule has 0 bridgehead atoms. The van der Waals surface area contributed by atoms with Crippen molar-refractivity contribution in [2.45, 2.75) is 12.8 Å². The van der Waals surface area contributed by atoms with E-state index in [-0.39, 0.29) is 40.4 Å². The van der Waals surface area contributed by atoms with Gasteiger partial charge in [0.25, 0.3) is 5.91 Å². The van der Waals surface area contributed by atoms with Gasteiger partial charge in [-0.05, 0) is 95.8 Å². The number of carbonyl (C=O) groups is 2. The fourth-order valence-corrected chi connectivity index (χ4v) is 4.37. The van der Waals surface area contributed by atoms with E-state index >= 15 is 0 Å². The number of nitrogens with one attached hydrogen (secondary N) is 2. The van der Waals surface area contributed by atoms with Crippen molar-refractivity contribution in [3.05, 3.63) is 119 Å². The third kappa shape index (κ3) is 9.81. The Balaban J connectivity index is 1.45. The molecule has 4 aromatic rings. The second-order valence-corrected chi connectivity index (χ2v) is 10.2. The van der Waals surface area contributed by atoms with Crippen LogP contribution in [0.5, 0.6) is 34.5 Å². The number of ether oxygens (including phenoxy) is 3. The van der Waals surface area contributed by atoms with Gasteiger partial charge in [0.1, 0.15) is 11.5 Å². The first-order valence-corrected chi connectivity index (χ1v) is 14.5. The maximum atomic E-state index is 13.3. The Morgan fingerprint density at radius 2 is 1.24 bits per heavy atom. The summed E-state index contributed by atoms with van der Waals surface area (Å²) in [6, 6.07) is 23.3. The molecule has 0 saturated carbocycles. The van der Waals surface area contributed by atoms with Crippen molar-refractivity contribution in [2.24, 2.45) is 0 Å². The summed E-state index contributed by atoms with van der Waals surface area (Å²) in [4.78, 5) is 25.7. The average Bonchev–Trinajstić information content (AvgIpc) is 3.05. The summed E-state index contributed by atoms with van der Waals surface area (Å²) in [5, 5.41) is 34.8. The molecule has 4 rings (SSSR count). The Kier molecular flexibility index (Phi) is 11.7. The third-order valence-corrected chi connectivity index (χ3v) is 6.84. The molecule has 0 radical (unpaired) electrons. The van der Waals surface area contributed by atoms with Crippen molar-refractivity contribution < 1.29 is 39.1 Å². The number of methoxy groups -OCH3 is 2. The highest BCUT2D eigenvalue weighted by atomic mass is 16.5. The van der Waals surface area contributed by atoms with E-state index < -0.39 is 5.91 Å². The molecule has 46 heavy (non-hydrogen) atoms. The normalized spacial score (nSPS) is 11.2. The number of aromatic hydroxyl groups is 3. The van der Waals surface area contributed by atoms with Crippen LogP contribution >= 0.6 is 0 Å². The number of carbonyl (C=O) groups excluding carboxylic acids is 2. The highest BCUT2D eigenvalue weighted by Gasteiger charge is 2.16. The van der Waals surface area contributed by atoms with Crippen molar-refractivity contribution in [1.82, 2.24) is 10.6 Å². The number of amides is 2. The largest absolute Gasteiger partial charge is 0.508 e. The SMILES string of the molecule is COc1ccc(/C=C(\Oc2ccc(/C=C/C(=O)NCCc3ccc(O)cc3)cc2OC)C(=O)NCCc2ccc(O)cc2)cc1O. The first kappa shape index (κ1) is 33.0. The summed E-state index contributed by atoms with van der Waals surface area (Å²) >= 11 is 0. The van der Waals surface area contributed by atoms with E-state index in [1.165, 1.54) is 32.4 Å². The van der Waals surface area contributed by atoms with Crippen LogP contribution in [0.2, 0.25) is 0 Å². The fraction of sp³-hybridized carbons (Fsp3) is 0.167. The van der Waals surface area contributed by atoms with E-state index in [0.717, 1.165) is 11.1 Å². The predicted octanol–water partition coefficient (Wildman–Crippen LogP) is 4.97. The summed E-state index contributed by atoms with van der Waals surface area (Å²) in [5.41, 5.74) is 3.09. The number of phenols is 3. The molecule has 0 heterocycles. The van der Waals surface area contributed by atoms with Crippen LogP contribution in [0.1, 0.15) is 22.3 Å². The molecule has 0 saturated heterocycles. The third-order valence-electron chi connectivity index (χ3n) is 6.84.